The van der Waals surface area contributed by atoms with Crippen LogP contribution in [0.3, 0.4) is 0 Å². The Morgan fingerprint density at radius 3 is 1.37 bits per heavy atom. The van der Waals surface area contributed by atoms with E-state index in [9.17, 15) is 26.3 Å². The topological polar surface area (TPSA) is 28.2 Å². The summed E-state index contributed by atoms with van der Waals surface area (Å²) in [6, 6.07) is 0. The first-order valence-electron chi connectivity index (χ1n) is 4.02. The summed E-state index contributed by atoms with van der Waals surface area (Å²) in [5, 5.41) is 0. The molecule has 2 radical (unpaired) electrons. The van der Waals surface area contributed by atoms with Crippen molar-refractivity contribution in [2.75, 3.05) is 0 Å². The van der Waals surface area contributed by atoms with Crippen molar-refractivity contribution in [2.24, 2.45) is 0 Å². The SMILES string of the molecule is FC(F)(C1=[S+][S]=[S+][N-]1)C(F)(F)C(F)(F)C1=[S+][S]=[S+][N-]1. The number of halogens is 6. The van der Waals surface area contributed by atoms with Gasteiger partial charge in [-0.3, -0.25) is 9.44 Å². The molecule has 0 aromatic heterocycles. The van der Waals surface area contributed by atoms with Crippen molar-refractivity contribution in [2.45, 2.75) is 17.8 Å². The molecule has 19 heavy (non-hydrogen) atoms. The third-order valence-corrected chi connectivity index (χ3v) is 8.36. The molecule has 2 nitrogen and oxygen atoms in total. The molecular formula is C5F6N2S6+2. The Bertz CT molecular complexity index is 468. The summed E-state index contributed by atoms with van der Waals surface area (Å²) in [7, 11) is 2.95. The number of alkyl halides is 6. The van der Waals surface area contributed by atoms with Crippen LogP contribution in [0.2, 0.25) is 0 Å². The third kappa shape index (κ3) is 2.56. The lowest BCUT2D eigenvalue weighted by atomic mass is 10.0. The van der Waals surface area contributed by atoms with E-state index in [-0.39, 0.29) is 20.8 Å². The van der Waals surface area contributed by atoms with E-state index in [1.807, 2.05) is 0 Å². The Kier molecular flexibility index (Phi) is 4.53. The van der Waals surface area contributed by atoms with Gasteiger partial charge in [0.2, 0.25) is 31.0 Å². The molecule has 2 aliphatic heterocycles. The predicted molar refractivity (Wildman–Crippen MR) is 75.8 cm³/mol. The van der Waals surface area contributed by atoms with Crippen LogP contribution >= 0.6 is 0 Å². The zero-order chi connectivity index (χ0) is 14.3. The molecule has 0 unspecified atom stereocenters. The number of rotatable bonds is 4. The summed E-state index contributed by atoms with van der Waals surface area (Å²) in [6.07, 6.45) is 0. The van der Waals surface area contributed by atoms with Gasteiger partial charge in [-0.05, 0) is 0 Å². The molecule has 0 N–H and O–H groups in total. The molecule has 0 atom stereocenters. The molecule has 0 saturated carbocycles. The third-order valence-electron chi connectivity index (χ3n) is 1.85. The van der Waals surface area contributed by atoms with Crippen molar-refractivity contribution in [1.29, 1.82) is 0 Å². The summed E-state index contributed by atoms with van der Waals surface area (Å²) >= 11 is 0. The minimum Gasteiger partial charge on any atom is -0.252 e. The van der Waals surface area contributed by atoms with Crippen LogP contribution in [-0.2, 0) is 60.5 Å². The summed E-state index contributed by atoms with van der Waals surface area (Å²) < 4.78 is 87.5. The minimum absolute atomic E-state index is 0.244. The zero-order valence-electron chi connectivity index (χ0n) is 8.11. The average molecular weight is 394 g/mol. The first-order chi connectivity index (χ1) is 8.71. The van der Waals surface area contributed by atoms with Crippen molar-refractivity contribution in [1.82, 2.24) is 0 Å². The van der Waals surface area contributed by atoms with Crippen molar-refractivity contribution in [3.63, 3.8) is 0 Å². The Morgan fingerprint density at radius 1 is 0.737 bits per heavy atom. The average Bonchev–Trinajstić information content (AvgIpc) is 3.02. The Balaban J connectivity index is 2.35. The number of nitrogens with zero attached hydrogens (tertiary/aromatic N) is 2. The molecule has 2 aliphatic rings. The molecule has 106 valence electrons. The van der Waals surface area contributed by atoms with Gasteiger partial charge in [-0.2, -0.15) is 26.3 Å². The van der Waals surface area contributed by atoms with Crippen LogP contribution in [0.5, 0.6) is 0 Å². The second-order valence-electron chi connectivity index (χ2n) is 2.97. The second-order valence-corrected chi connectivity index (χ2v) is 10.2. The van der Waals surface area contributed by atoms with Crippen LogP contribution in [0.4, 0.5) is 26.3 Å². The molecule has 0 aromatic rings. The van der Waals surface area contributed by atoms with Crippen LogP contribution in [0.15, 0.2) is 0 Å². The van der Waals surface area contributed by atoms with Gasteiger partial charge in [0, 0.05) is 0 Å². The fourth-order valence-corrected chi connectivity index (χ4v) is 7.37. The van der Waals surface area contributed by atoms with E-state index < -0.39 is 27.7 Å². The highest BCUT2D eigenvalue weighted by Gasteiger charge is 2.77. The minimum atomic E-state index is -5.60. The molecule has 0 saturated heterocycles. The highest BCUT2D eigenvalue weighted by molar-refractivity contribution is 8.70. The molecule has 0 amide bonds. The zero-order valence-corrected chi connectivity index (χ0v) is 13.0. The second kappa shape index (κ2) is 5.40. The monoisotopic (exact) mass is 394 g/mol. The number of hydrogen-bond donors (Lipinski definition) is 0. The van der Waals surface area contributed by atoms with Crippen molar-refractivity contribution in [3.05, 3.63) is 9.44 Å². The molecule has 0 bridgehead atoms. The number of hydrogen-bond acceptors (Lipinski definition) is 0. The van der Waals surface area contributed by atoms with Crippen LogP contribution in [-0.4, -0.2) is 27.7 Å². The van der Waals surface area contributed by atoms with E-state index in [0.29, 0.717) is 39.7 Å². The maximum absolute atomic E-state index is 13.6. The fourth-order valence-electron chi connectivity index (χ4n) is 0.909. The van der Waals surface area contributed by atoms with Gasteiger partial charge in [0.25, 0.3) is 0 Å². The van der Waals surface area contributed by atoms with Crippen LogP contribution in [0, 0.1) is 0 Å². The molecular weight excluding hydrogens is 394 g/mol. The highest BCUT2D eigenvalue weighted by atomic mass is 33.3. The predicted octanol–water partition coefficient (Wildman–Crippen LogP) is 1.91. The van der Waals surface area contributed by atoms with Crippen LogP contribution in [0.25, 0.3) is 9.44 Å². The molecule has 0 fully saturated rings. The van der Waals surface area contributed by atoms with Crippen molar-refractivity contribution >= 4 is 70.5 Å². The van der Waals surface area contributed by atoms with Gasteiger partial charge in [0.15, 0.2) is 0 Å². The summed E-state index contributed by atoms with van der Waals surface area (Å²) in [4.78, 5) is -2.65. The van der Waals surface area contributed by atoms with Gasteiger partial charge in [-0.15, -0.1) is 0 Å². The lowest BCUT2D eigenvalue weighted by molar-refractivity contribution is -0.254. The van der Waals surface area contributed by atoms with Gasteiger partial charge in [0.1, 0.15) is 0 Å². The molecule has 0 aliphatic carbocycles. The van der Waals surface area contributed by atoms with Crippen LogP contribution in [0.1, 0.15) is 0 Å². The van der Waals surface area contributed by atoms with E-state index in [2.05, 4.69) is 9.44 Å². The van der Waals surface area contributed by atoms with E-state index in [0.717, 1.165) is 0 Å². The van der Waals surface area contributed by atoms with E-state index >= 15 is 0 Å². The first-order valence-corrected chi connectivity index (χ1v) is 10.9. The van der Waals surface area contributed by atoms with Crippen molar-refractivity contribution < 1.29 is 26.3 Å². The van der Waals surface area contributed by atoms with Gasteiger partial charge >= 0.3 is 57.2 Å². The molecule has 14 heteroatoms. The first kappa shape index (κ1) is 15.9. The standard InChI is InChI=1S/C5F6N2S6/c6-3(7,1-12-16-18-14-1)5(10,11)4(8,9)2-13-17-19-15-2/q+2. The summed E-state index contributed by atoms with van der Waals surface area (Å²) in [5.74, 6) is -15.7. The Hall–Kier alpha value is 0.560. The van der Waals surface area contributed by atoms with Crippen molar-refractivity contribution in [3.8, 4) is 0 Å². The maximum atomic E-state index is 13.6. The summed E-state index contributed by atoms with van der Waals surface area (Å²) in [5.41, 5.74) is 0. The van der Waals surface area contributed by atoms with Crippen LogP contribution < -0.4 is 0 Å². The lowest BCUT2D eigenvalue weighted by Gasteiger charge is -2.30. The van der Waals surface area contributed by atoms with Gasteiger partial charge < -0.3 is 0 Å². The molecule has 2 heterocycles. The fraction of sp³-hybridized carbons (Fsp3) is 0.600. The van der Waals surface area contributed by atoms with Gasteiger partial charge in [-0.1, -0.05) is 0 Å². The highest BCUT2D eigenvalue weighted by Crippen LogP contribution is 2.48. The smallest absolute Gasteiger partial charge is 0.252 e. The quantitative estimate of drug-likeness (QED) is 0.229. The van der Waals surface area contributed by atoms with Gasteiger partial charge in [-0.25, -0.2) is 0 Å². The molecule has 2 rings (SSSR count). The Morgan fingerprint density at radius 2 is 1.11 bits per heavy atom. The molecule has 0 aromatic carbocycles. The Labute approximate surface area is 123 Å². The maximum Gasteiger partial charge on any atom is 0.435 e. The largest absolute Gasteiger partial charge is 0.435 e. The van der Waals surface area contributed by atoms with E-state index in [1.54, 1.807) is 0 Å². The lowest BCUT2D eigenvalue weighted by Crippen LogP contribution is -2.60. The molecule has 0 spiro atoms. The van der Waals surface area contributed by atoms with E-state index in [4.69, 9.17) is 0 Å². The normalized spacial score (nSPS) is 19.9. The van der Waals surface area contributed by atoms with Gasteiger partial charge in [0.05, 0.1) is 0 Å². The van der Waals surface area contributed by atoms with E-state index in [1.165, 1.54) is 0 Å². The summed E-state index contributed by atoms with van der Waals surface area (Å²) in [6.45, 7) is 0.